The molecule has 0 aliphatic carbocycles. The second-order valence-electron chi connectivity index (χ2n) is 5.75. The lowest BCUT2D eigenvalue weighted by atomic mass is 10.1. The lowest BCUT2D eigenvalue weighted by molar-refractivity contribution is -0.142. The summed E-state index contributed by atoms with van der Waals surface area (Å²) < 4.78 is 40.5. The maximum absolute atomic E-state index is 12.1. The lowest BCUT2D eigenvalue weighted by Gasteiger charge is -2.44. The van der Waals surface area contributed by atoms with Gasteiger partial charge in [0.25, 0.3) is 5.89 Å². The molecule has 0 saturated carbocycles. The van der Waals surface area contributed by atoms with Crippen LogP contribution >= 0.6 is 0 Å². The molecule has 0 unspecified atom stereocenters. The first-order valence-corrected chi connectivity index (χ1v) is 9.82. The lowest BCUT2D eigenvalue weighted by Crippen LogP contribution is -2.63. The van der Waals surface area contributed by atoms with Crippen molar-refractivity contribution in [1.82, 2.24) is 19.3 Å². The van der Waals surface area contributed by atoms with Crippen molar-refractivity contribution in [2.24, 2.45) is 0 Å². The Morgan fingerprint density at radius 1 is 1.44 bits per heavy atom. The first kappa shape index (κ1) is 19.8. The normalized spacial score (nSPS) is 15.6. The van der Waals surface area contributed by atoms with Crippen molar-refractivity contribution in [3.8, 4) is 0 Å². The third kappa shape index (κ3) is 5.46. The number of methoxy groups -OCH3 is 1. The minimum atomic E-state index is -3.41. The molecule has 0 N–H and O–H groups in total. The summed E-state index contributed by atoms with van der Waals surface area (Å²) in [6, 6.07) is -0.245. The fourth-order valence-electron chi connectivity index (χ4n) is 2.52. The highest BCUT2D eigenvalue weighted by Gasteiger charge is 2.38. The van der Waals surface area contributed by atoms with E-state index in [4.69, 9.17) is 14.0 Å². The van der Waals surface area contributed by atoms with E-state index in [1.54, 1.807) is 4.90 Å². The van der Waals surface area contributed by atoms with Gasteiger partial charge in [-0.25, -0.2) is 8.42 Å². The Hall–Kier alpha value is -1.56. The summed E-state index contributed by atoms with van der Waals surface area (Å²) in [5.41, 5.74) is 0. The highest BCUT2D eigenvalue weighted by atomic mass is 32.2. The Morgan fingerprint density at radius 2 is 2.16 bits per heavy atom. The average Bonchev–Trinajstić information content (AvgIpc) is 2.93. The Kier molecular flexibility index (Phi) is 6.87. The van der Waals surface area contributed by atoms with Crippen LogP contribution in [0.4, 0.5) is 0 Å². The highest BCUT2D eigenvalue weighted by Crippen LogP contribution is 2.18. The summed E-state index contributed by atoms with van der Waals surface area (Å²) in [4.78, 5) is 17.6. The van der Waals surface area contributed by atoms with Crippen molar-refractivity contribution >= 4 is 15.9 Å². The molecule has 1 aliphatic heterocycles. The number of hydrogen-bond acceptors (Lipinski definition) is 8. The van der Waals surface area contributed by atoms with E-state index in [1.807, 2.05) is 6.92 Å². The number of hydrogen-bond donors (Lipinski definition) is 0. The minimum Gasteiger partial charge on any atom is -0.375 e. The molecule has 142 valence electrons. The van der Waals surface area contributed by atoms with Gasteiger partial charge in [-0.2, -0.15) is 9.29 Å². The first-order chi connectivity index (χ1) is 11.8. The summed E-state index contributed by atoms with van der Waals surface area (Å²) in [6.07, 6.45) is 1.48. The number of carbonyl (C=O) groups excluding carboxylic acids is 1. The van der Waals surface area contributed by atoms with Crippen LogP contribution in [-0.4, -0.2) is 85.9 Å². The molecule has 0 atom stereocenters. The quantitative estimate of drug-likeness (QED) is 0.525. The fraction of sp³-hybridized carbons (Fsp3) is 0.786. The van der Waals surface area contributed by atoms with Crippen molar-refractivity contribution in [3.63, 3.8) is 0 Å². The number of rotatable bonds is 10. The van der Waals surface area contributed by atoms with Crippen molar-refractivity contribution in [2.45, 2.75) is 26.0 Å². The Labute approximate surface area is 147 Å². The van der Waals surface area contributed by atoms with Gasteiger partial charge in [0, 0.05) is 39.8 Å². The van der Waals surface area contributed by atoms with Gasteiger partial charge >= 0.3 is 0 Å². The molecule has 25 heavy (non-hydrogen) atoms. The van der Waals surface area contributed by atoms with Gasteiger partial charge in [-0.15, -0.1) is 0 Å². The van der Waals surface area contributed by atoms with Gasteiger partial charge in [-0.3, -0.25) is 4.79 Å². The molecule has 11 heteroatoms. The van der Waals surface area contributed by atoms with Crippen molar-refractivity contribution in [3.05, 3.63) is 11.7 Å². The number of likely N-dealkylation sites (tertiary alicyclic amines) is 1. The van der Waals surface area contributed by atoms with Crippen LogP contribution in [0, 0.1) is 0 Å². The maximum atomic E-state index is 12.1. The number of ether oxygens (including phenoxy) is 2. The van der Waals surface area contributed by atoms with Crippen molar-refractivity contribution in [2.75, 3.05) is 46.2 Å². The molecule has 1 aromatic heterocycles. The predicted molar refractivity (Wildman–Crippen MR) is 87.1 cm³/mol. The molecule has 0 spiro atoms. The predicted octanol–water partition coefficient (Wildman–Crippen LogP) is -0.733. The summed E-state index contributed by atoms with van der Waals surface area (Å²) in [5.74, 6) is 0.637. The molecule has 1 saturated heterocycles. The van der Waals surface area contributed by atoms with Crippen molar-refractivity contribution in [1.29, 1.82) is 0 Å². The summed E-state index contributed by atoms with van der Waals surface area (Å²) in [5, 5.41) is 3.80. The van der Waals surface area contributed by atoms with Crippen LogP contribution in [0.25, 0.3) is 0 Å². The zero-order valence-corrected chi connectivity index (χ0v) is 15.5. The summed E-state index contributed by atoms with van der Waals surface area (Å²) in [7, 11) is -1.89. The molecule has 10 nitrogen and oxygen atoms in total. The fourth-order valence-corrected chi connectivity index (χ4v) is 3.62. The highest BCUT2D eigenvalue weighted by molar-refractivity contribution is 7.88. The molecule has 1 aliphatic rings. The number of sulfonamides is 1. The van der Waals surface area contributed by atoms with E-state index >= 15 is 0 Å². The molecular weight excluding hydrogens is 352 g/mol. The van der Waals surface area contributed by atoms with Gasteiger partial charge in [-0.05, 0) is 6.92 Å². The number of carbonyl (C=O) groups is 1. The zero-order valence-electron chi connectivity index (χ0n) is 14.7. The topological polar surface area (TPSA) is 115 Å². The van der Waals surface area contributed by atoms with Gasteiger partial charge in [0.1, 0.15) is 13.2 Å². The van der Waals surface area contributed by atoms with Gasteiger partial charge in [0.2, 0.25) is 15.9 Å². The number of aromatic nitrogens is 2. The summed E-state index contributed by atoms with van der Waals surface area (Å²) >= 11 is 0. The van der Waals surface area contributed by atoms with Gasteiger partial charge in [-0.1, -0.05) is 5.16 Å². The number of amides is 1. The van der Waals surface area contributed by atoms with E-state index in [-0.39, 0.29) is 31.7 Å². The van der Waals surface area contributed by atoms with E-state index in [0.717, 1.165) is 6.26 Å². The smallest absolute Gasteiger partial charge is 0.252 e. The van der Waals surface area contributed by atoms with Crippen LogP contribution in [0.5, 0.6) is 0 Å². The minimum absolute atomic E-state index is 0.0211. The zero-order chi connectivity index (χ0) is 18.4. The molecule has 0 aromatic carbocycles. The molecule has 1 amide bonds. The first-order valence-electron chi connectivity index (χ1n) is 7.97. The third-order valence-corrected chi connectivity index (χ3v) is 5.14. The van der Waals surface area contributed by atoms with Gasteiger partial charge in [0.15, 0.2) is 5.82 Å². The van der Waals surface area contributed by atoms with Crippen LogP contribution in [0.1, 0.15) is 18.6 Å². The third-order valence-electron chi connectivity index (χ3n) is 3.81. The van der Waals surface area contributed by atoms with E-state index in [0.29, 0.717) is 37.8 Å². The number of nitrogens with zero attached hydrogens (tertiary/aromatic N) is 4. The molecule has 0 bridgehead atoms. The molecule has 1 fully saturated rings. The molecular formula is C14H24N4O6S. The van der Waals surface area contributed by atoms with Crippen LogP contribution < -0.4 is 0 Å². The van der Waals surface area contributed by atoms with E-state index in [1.165, 1.54) is 11.4 Å². The second-order valence-corrected chi connectivity index (χ2v) is 7.69. The Morgan fingerprint density at radius 3 is 2.76 bits per heavy atom. The Balaban J connectivity index is 1.89. The van der Waals surface area contributed by atoms with Gasteiger partial charge < -0.3 is 18.9 Å². The van der Waals surface area contributed by atoms with E-state index < -0.39 is 10.0 Å². The SMILES string of the molecule is CCOCC(=O)N1CC(N(CCc2noc(COC)n2)S(C)(=O)=O)C1. The van der Waals surface area contributed by atoms with E-state index in [9.17, 15) is 13.2 Å². The maximum Gasteiger partial charge on any atom is 0.252 e. The average molecular weight is 376 g/mol. The van der Waals surface area contributed by atoms with Crippen LogP contribution in [0.15, 0.2) is 4.52 Å². The Bertz CT molecular complexity index is 671. The van der Waals surface area contributed by atoms with Crippen molar-refractivity contribution < 1.29 is 27.2 Å². The monoisotopic (exact) mass is 376 g/mol. The van der Waals surface area contributed by atoms with Crippen LogP contribution in [0.3, 0.4) is 0 Å². The van der Waals surface area contributed by atoms with Crippen LogP contribution in [-0.2, 0) is 37.3 Å². The van der Waals surface area contributed by atoms with Crippen LogP contribution in [0.2, 0.25) is 0 Å². The standard InChI is InChI=1S/C14H24N4O6S/c1-4-23-10-14(19)17-7-11(8-17)18(25(3,20)21)6-5-12-15-13(9-22-2)24-16-12/h11H,4-10H2,1-3H3. The molecule has 0 radical (unpaired) electrons. The second kappa shape index (κ2) is 8.70. The molecule has 2 heterocycles. The molecule has 2 rings (SSSR count). The van der Waals surface area contributed by atoms with E-state index in [2.05, 4.69) is 10.1 Å². The molecule has 1 aromatic rings. The van der Waals surface area contributed by atoms with Gasteiger partial charge in [0.05, 0.1) is 12.3 Å². The summed E-state index contributed by atoms with van der Waals surface area (Å²) in [6.45, 7) is 3.46. The largest absolute Gasteiger partial charge is 0.375 e.